The molecule has 0 radical (unpaired) electrons. The lowest BCUT2D eigenvalue weighted by Gasteiger charge is -2.33. The zero-order valence-electron chi connectivity index (χ0n) is 25.0. The van der Waals surface area contributed by atoms with E-state index in [0.717, 1.165) is 35.1 Å². The summed E-state index contributed by atoms with van der Waals surface area (Å²) in [6, 6.07) is 8.31. The van der Waals surface area contributed by atoms with E-state index in [-0.39, 0.29) is 43.7 Å². The van der Waals surface area contributed by atoms with Gasteiger partial charge in [0.25, 0.3) is 0 Å². The summed E-state index contributed by atoms with van der Waals surface area (Å²) in [5, 5.41) is 16.0. The van der Waals surface area contributed by atoms with Crippen molar-refractivity contribution in [2.75, 3.05) is 27.0 Å². The minimum Gasteiger partial charge on any atom is -0.371 e. The highest BCUT2D eigenvalue weighted by Gasteiger charge is 2.38. The van der Waals surface area contributed by atoms with E-state index in [4.69, 9.17) is 9.47 Å². The fourth-order valence-corrected chi connectivity index (χ4v) is 5.99. The lowest BCUT2D eigenvalue weighted by atomic mass is 9.98. The third kappa shape index (κ3) is 9.32. The molecule has 2 bridgehead atoms. The van der Waals surface area contributed by atoms with Gasteiger partial charge in [0.05, 0.1) is 31.3 Å². The molecule has 6 atom stereocenters. The number of carbonyl (C=O) groups excluding carboxylic acids is 2. The summed E-state index contributed by atoms with van der Waals surface area (Å²) >= 11 is 0. The predicted molar refractivity (Wildman–Crippen MR) is 155 cm³/mol. The molecule has 2 amide bonds. The van der Waals surface area contributed by atoms with Crippen molar-refractivity contribution in [3.05, 3.63) is 82.9 Å². The normalized spacial score (nSPS) is 25.1. The first-order chi connectivity index (χ1) is 21.4. The van der Waals surface area contributed by atoms with E-state index < -0.39 is 66.9 Å². The van der Waals surface area contributed by atoms with Crippen molar-refractivity contribution in [1.29, 1.82) is 0 Å². The number of benzene rings is 2. The highest BCUT2D eigenvalue weighted by molar-refractivity contribution is 5.88. The number of alkyl halides is 3. The number of fused-ring (bicyclic) bond motifs is 5. The number of rotatable bonds is 7. The van der Waals surface area contributed by atoms with E-state index in [1.807, 2.05) is 24.3 Å². The second kappa shape index (κ2) is 15.3. The van der Waals surface area contributed by atoms with Gasteiger partial charge in [0.2, 0.25) is 11.8 Å². The Kier molecular flexibility index (Phi) is 11.7. The monoisotopic (exact) mass is 639 g/mol. The van der Waals surface area contributed by atoms with Crippen molar-refractivity contribution >= 4 is 11.8 Å². The van der Waals surface area contributed by atoms with E-state index in [0.29, 0.717) is 12.5 Å². The average Bonchev–Trinajstić information content (AvgIpc) is 3.31. The topological polar surface area (TPSA) is 100 Å². The second-order valence-electron chi connectivity index (χ2n) is 11.5. The van der Waals surface area contributed by atoms with Crippen LogP contribution in [0.4, 0.5) is 22.0 Å². The van der Waals surface area contributed by atoms with Gasteiger partial charge in [-0.05, 0) is 48.1 Å². The number of halogens is 5. The van der Waals surface area contributed by atoms with Crippen LogP contribution in [0.1, 0.15) is 55.0 Å². The summed E-state index contributed by atoms with van der Waals surface area (Å²) in [5.74, 6) is -4.69. The summed E-state index contributed by atoms with van der Waals surface area (Å²) < 4.78 is 79.2. The summed E-state index contributed by atoms with van der Waals surface area (Å²) in [4.78, 5) is 27.8. The molecule has 0 fully saturated rings. The molecule has 8 nitrogen and oxygen atoms in total. The lowest BCUT2D eigenvalue weighted by Crippen LogP contribution is -2.56. The Morgan fingerprint density at radius 1 is 1.13 bits per heavy atom. The molecule has 13 heteroatoms. The van der Waals surface area contributed by atoms with Crippen molar-refractivity contribution in [3.8, 4) is 0 Å². The maximum Gasteiger partial charge on any atom is 0.389 e. The molecule has 0 aromatic heterocycles. The van der Waals surface area contributed by atoms with Crippen molar-refractivity contribution in [2.24, 2.45) is 5.92 Å². The number of likely N-dealkylation sites (N-methyl/N-ethyl adjacent to an activating group) is 1. The maximum atomic E-state index is 14.1. The number of aliphatic hydroxyl groups excluding tert-OH is 1. The third-order valence-corrected chi connectivity index (χ3v) is 8.17. The van der Waals surface area contributed by atoms with Crippen LogP contribution in [0.15, 0.2) is 54.6 Å². The Morgan fingerprint density at radius 2 is 1.82 bits per heavy atom. The largest absolute Gasteiger partial charge is 0.389 e. The van der Waals surface area contributed by atoms with Crippen LogP contribution in [-0.2, 0) is 25.5 Å². The fraction of sp³-hybridized carbons (Fsp3) is 0.500. The molecule has 2 aliphatic rings. The first-order valence-electron chi connectivity index (χ1n) is 14.8. The number of ether oxygens (including phenoxy) is 2. The number of hydrogen-bond acceptors (Lipinski definition) is 6. The highest BCUT2D eigenvalue weighted by atomic mass is 19.4. The molecule has 45 heavy (non-hydrogen) atoms. The number of nitrogens with zero attached hydrogens (tertiary/aromatic N) is 1. The number of aliphatic hydroxyl groups is 1. The fourth-order valence-electron chi connectivity index (χ4n) is 5.99. The number of carbonyl (C=O) groups is 2. The van der Waals surface area contributed by atoms with Gasteiger partial charge in [-0.2, -0.15) is 13.2 Å². The maximum absolute atomic E-state index is 14.1. The van der Waals surface area contributed by atoms with Crippen LogP contribution in [0.25, 0.3) is 0 Å². The number of nitrogens with one attached hydrogen (secondary N) is 2. The lowest BCUT2D eigenvalue weighted by molar-refractivity contribution is -0.159. The molecule has 1 unspecified atom stereocenters. The quantitative estimate of drug-likeness (QED) is 0.235. The third-order valence-electron chi connectivity index (χ3n) is 8.17. The van der Waals surface area contributed by atoms with E-state index in [1.165, 1.54) is 7.05 Å². The van der Waals surface area contributed by atoms with Gasteiger partial charge in [-0.1, -0.05) is 43.3 Å². The standard InChI is InChI=1S/C32H38F5N3O5/c1-19(16-32(35,36)37)31(43)40(2)27-9-5-6-10-44-28-15-25(23-7-3-4-8-24(23)28)38-17-29(45-18-41)26(39-30(27)42)13-20-11-21(33)14-22(34)12-20/h3-8,11-12,14,19,25-29,38,41H,9-10,13,15-18H2,1-2H3,(H,39,42)/t19?,25-,26-,27-,28+,29+/m0/s1. The van der Waals surface area contributed by atoms with Crippen LogP contribution < -0.4 is 10.6 Å². The molecular weight excluding hydrogens is 601 g/mol. The van der Waals surface area contributed by atoms with Crippen LogP contribution in [0.3, 0.4) is 0 Å². The Morgan fingerprint density at radius 3 is 2.49 bits per heavy atom. The molecule has 1 aliphatic carbocycles. The van der Waals surface area contributed by atoms with Crippen LogP contribution in [-0.4, -0.2) is 73.2 Å². The molecule has 2 aromatic rings. The molecule has 0 saturated heterocycles. The van der Waals surface area contributed by atoms with Gasteiger partial charge in [-0.25, -0.2) is 8.78 Å². The van der Waals surface area contributed by atoms with Crippen LogP contribution in [0, 0.1) is 17.6 Å². The summed E-state index contributed by atoms with van der Waals surface area (Å²) in [5.41, 5.74) is 2.21. The van der Waals surface area contributed by atoms with Gasteiger partial charge < -0.3 is 30.1 Å². The average molecular weight is 640 g/mol. The van der Waals surface area contributed by atoms with E-state index >= 15 is 0 Å². The van der Waals surface area contributed by atoms with Crippen LogP contribution in [0.5, 0.6) is 0 Å². The minimum atomic E-state index is -4.58. The molecule has 1 heterocycles. The molecule has 0 saturated carbocycles. The van der Waals surface area contributed by atoms with Gasteiger partial charge in [-0.3, -0.25) is 9.59 Å². The van der Waals surface area contributed by atoms with Crippen molar-refractivity contribution < 1.29 is 46.1 Å². The second-order valence-corrected chi connectivity index (χ2v) is 11.5. The minimum absolute atomic E-state index is 0.0505. The Bertz CT molecular complexity index is 1340. The first-order valence-corrected chi connectivity index (χ1v) is 14.8. The zero-order chi connectivity index (χ0) is 32.7. The van der Waals surface area contributed by atoms with Gasteiger partial charge in [-0.15, -0.1) is 0 Å². The molecule has 1 aliphatic heterocycles. The van der Waals surface area contributed by atoms with Crippen LogP contribution >= 0.6 is 0 Å². The van der Waals surface area contributed by atoms with Gasteiger partial charge in [0.1, 0.15) is 24.5 Å². The number of hydrogen-bond donors (Lipinski definition) is 3. The number of amides is 2. The molecule has 3 N–H and O–H groups in total. The molecule has 4 rings (SSSR count). The summed E-state index contributed by atoms with van der Waals surface area (Å²) in [6.07, 6.45) is -3.39. The van der Waals surface area contributed by atoms with Gasteiger partial charge in [0, 0.05) is 31.6 Å². The SMILES string of the molecule is CC(CC(F)(F)F)C(=O)N(C)[C@H]1CC=CCO[C@@H]2C[C@H](NC[C@@H](OCO)[C@H](Cc3cc(F)cc(F)c3)NC1=O)c1ccccc12. The van der Waals surface area contributed by atoms with Gasteiger partial charge >= 0.3 is 6.18 Å². The summed E-state index contributed by atoms with van der Waals surface area (Å²) in [7, 11) is 1.26. The highest BCUT2D eigenvalue weighted by Crippen LogP contribution is 2.41. The Balaban J connectivity index is 1.68. The van der Waals surface area contributed by atoms with E-state index in [2.05, 4.69) is 10.6 Å². The van der Waals surface area contributed by atoms with Crippen LogP contribution in [0.2, 0.25) is 0 Å². The zero-order valence-corrected chi connectivity index (χ0v) is 25.0. The molecule has 246 valence electrons. The smallest absolute Gasteiger partial charge is 0.371 e. The predicted octanol–water partition coefficient (Wildman–Crippen LogP) is 4.49. The van der Waals surface area contributed by atoms with Crippen molar-refractivity contribution in [2.45, 2.75) is 69.1 Å². The van der Waals surface area contributed by atoms with Crippen molar-refractivity contribution in [1.82, 2.24) is 15.5 Å². The molecular formula is C32H38F5N3O5. The molecule has 2 aromatic carbocycles. The van der Waals surface area contributed by atoms with Crippen molar-refractivity contribution in [3.63, 3.8) is 0 Å². The molecule has 0 spiro atoms. The summed E-state index contributed by atoms with van der Waals surface area (Å²) in [6.45, 7) is 0.690. The van der Waals surface area contributed by atoms with Gasteiger partial charge in [0.15, 0.2) is 0 Å². The van der Waals surface area contributed by atoms with E-state index in [9.17, 15) is 36.6 Å². The van der Waals surface area contributed by atoms with E-state index in [1.54, 1.807) is 12.2 Å². The Hall–Kier alpha value is -3.39. The first kappa shape index (κ1) is 34.5. The Labute approximate surface area is 258 Å².